The summed E-state index contributed by atoms with van der Waals surface area (Å²) in [5, 5.41) is 14.9. The first kappa shape index (κ1) is 15.2. The van der Waals surface area contributed by atoms with E-state index in [0.717, 1.165) is 5.56 Å². The van der Waals surface area contributed by atoms with Gasteiger partial charge in [0, 0.05) is 11.8 Å². The number of rotatable bonds is 6. The maximum atomic E-state index is 11.9. The molecule has 1 aromatic rings. The Morgan fingerprint density at radius 3 is 2.58 bits per heavy atom. The number of aryl methyl sites for hydroxylation is 1. The molecular formula is C12H15NO5S. The van der Waals surface area contributed by atoms with Crippen molar-refractivity contribution in [2.24, 2.45) is 0 Å². The lowest BCUT2D eigenvalue weighted by Gasteiger charge is -2.13. The van der Waals surface area contributed by atoms with E-state index >= 15 is 0 Å². The first-order valence-corrected chi connectivity index (χ1v) is 6.53. The Kier molecular flexibility index (Phi) is 5.50. The van der Waals surface area contributed by atoms with Crippen molar-refractivity contribution in [2.75, 3.05) is 7.11 Å². The summed E-state index contributed by atoms with van der Waals surface area (Å²) in [6.07, 6.45) is -0.0622. The van der Waals surface area contributed by atoms with Crippen molar-refractivity contribution in [1.29, 1.82) is 0 Å². The SMILES string of the molecule is COC(=O)CC[C@H](NC(=O)c1cscc1C)C(=O)O. The van der Waals surface area contributed by atoms with Gasteiger partial charge < -0.3 is 15.2 Å². The molecular weight excluding hydrogens is 270 g/mol. The van der Waals surface area contributed by atoms with Gasteiger partial charge in [0.2, 0.25) is 0 Å². The predicted octanol–water partition coefficient (Wildman–Crippen LogP) is 1.19. The quantitative estimate of drug-likeness (QED) is 0.766. The number of amides is 1. The number of carbonyl (C=O) groups excluding carboxylic acids is 2. The Balaban J connectivity index is 2.64. The number of hydrogen-bond acceptors (Lipinski definition) is 5. The number of carboxylic acid groups (broad SMARTS) is 1. The normalized spacial score (nSPS) is 11.7. The van der Waals surface area contributed by atoms with Crippen LogP contribution in [0.1, 0.15) is 28.8 Å². The molecule has 0 fully saturated rings. The summed E-state index contributed by atoms with van der Waals surface area (Å²) in [6.45, 7) is 1.77. The maximum absolute atomic E-state index is 11.9. The maximum Gasteiger partial charge on any atom is 0.326 e. The van der Waals surface area contributed by atoms with Gasteiger partial charge in [-0.15, -0.1) is 0 Å². The fourth-order valence-corrected chi connectivity index (χ4v) is 2.28. The highest BCUT2D eigenvalue weighted by Gasteiger charge is 2.22. The molecule has 0 saturated carbocycles. The molecule has 7 heteroatoms. The molecule has 1 heterocycles. The summed E-state index contributed by atoms with van der Waals surface area (Å²) in [5.41, 5.74) is 1.24. The number of carboxylic acids is 1. The summed E-state index contributed by atoms with van der Waals surface area (Å²) in [6, 6.07) is -1.11. The van der Waals surface area contributed by atoms with Crippen LogP contribution in [-0.4, -0.2) is 36.1 Å². The van der Waals surface area contributed by atoms with Crippen LogP contribution in [0.4, 0.5) is 0 Å². The van der Waals surface area contributed by atoms with E-state index < -0.39 is 23.9 Å². The Bertz CT molecular complexity index is 482. The number of nitrogens with one attached hydrogen (secondary N) is 1. The van der Waals surface area contributed by atoms with E-state index in [1.54, 1.807) is 17.7 Å². The molecule has 1 atom stereocenters. The van der Waals surface area contributed by atoms with Gasteiger partial charge in [0.15, 0.2) is 0 Å². The molecule has 104 valence electrons. The molecule has 0 aliphatic rings. The smallest absolute Gasteiger partial charge is 0.326 e. The van der Waals surface area contributed by atoms with Gasteiger partial charge in [-0.3, -0.25) is 9.59 Å². The molecule has 0 bridgehead atoms. The molecule has 0 aromatic carbocycles. The zero-order valence-corrected chi connectivity index (χ0v) is 11.5. The summed E-state index contributed by atoms with van der Waals surface area (Å²) in [5.74, 6) is -2.13. The molecule has 0 aliphatic carbocycles. The second-order valence-electron chi connectivity index (χ2n) is 3.95. The van der Waals surface area contributed by atoms with Crippen molar-refractivity contribution >= 4 is 29.2 Å². The average Bonchev–Trinajstić information content (AvgIpc) is 2.79. The van der Waals surface area contributed by atoms with Gasteiger partial charge in [-0.25, -0.2) is 4.79 Å². The molecule has 1 rings (SSSR count). The second-order valence-corrected chi connectivity index (χ2v) is 4.69. The summed E-state index contributed by atoms with van der Waals surface area (Å²) < 4.78 is 4.43. The molecule has 0 unspecified atom stereocenters. The highest BCUT2D eigenvalue weighted by Crippen LogP contribution is 2.14. The van der Waals surface area contributed by atoms with E-state index in [4.69, 9.17) is 5.11 Å². The van der Waals surface area contributed by atoms with Crippen LogP contribution in [0.5, 0.6) is 0 Å². The third-order valence-electron chi connectivity index (χ3n) is 2.57. The van der Waals surface area contributed by atoms with Gasteiger partial charge in [-0.05, 0) is 24.3 Å². The lowest BCUT2D eigenvalue weighted by Crippen LogP contribution is -2.41. The topological polar surface area (TPSA) is 92.7 Å². The molecule has 6 nitrogen and oxygen atoms in total. The fourth-order valence-electron chi connectivity index (χ4n) is 1.45. The van der Waals surface area contributed by atoms with E-state index in [9.17, 15) is 14.4 Å². The number of carbonyl (C=O) groups is 3. The largest absolute Gasteiger partial charge is 0.480 e. The van der Waals surface area contributed by atoms with E-state index in [0.29, 0.717) is 5.56 Å². The standard InChI is InChI=1S/C12H15NO5S/c1-7-5-19-6-8(7)11(15)13-9(12(16)17)3-4-10(14)18-2/h5-6,9H,3-4H2,1-2H3,(H,13,15)(H,16,17)/t9-/m0/s1. The first-order valence-electron chi connectivity index (χ1n) is 5.59. The Morgan fingerprint density at radius 2 is 2.11 bits per heavy atom. The molecule has 0 saturated heterocycles. The van der Waals surface area contributed by atoms with Crippen LogP contribution in [0.3, 0.4) is 0 Å². The Morgan fingerprint density at radius 1 is 1.42 bits per heavy atom. The minimum atomic E-state index is -1.18. The number of aliphatic carboxylic acids is 1. The van der Waals surface area contributed by atoms with Crippen LogP contribution in [0.15, 0.2) is 10.8 Å². The van der Waals surface area contributed by atoms with Crippen molar-refractivity contribution in [2.45, 2.75) is 25.8 Å². The first-order chi connectivity index (χ1) is 8.95. The Labute approximate surface area is 114 Å². The van der Waals surface area contributed by atoms with Gasteiger partial charge in [0.05, 0.1) is 12.7 Å². The minimum Gasteiger partial charge on any atom is -0.480 e. The molecule has 1 aromatic heterocycles. The van der Waals surface area contributed by atoms with E-state index in [2.05, 4.69) is 10.1 Å². The van der Waals surface area contributed by atoms with Gasteiger partial charge in [0.1, 0.15) is 6.04 Å². The lowest BCUT2D eigenvalue weighted by molar-refractivity contribution is -0.142. The molecule has 0 spiro atoms. The van der Waals surface area contributed by atoms with E-state index in [1.165, 1.54) is 18.4 Å². The molecule has 0 aliphatic heterocycles. The number of hydrogen-bond donors (Lipinski definition) is 2. The van der Waals surface area contributed by atoms with Crippen LogP contribution >= 0.6 is 11.3 Å². The van der Waals surface area contributed by atoms with Crippen LogP contribution in [0.25, 0.3) is 0 Å². The number of esters is 1. The molecule has 1 amide bonds. The van der Waals surface area contributed by atoms with Crippen molar-refractivity contribution in [3.63, 3.8) is 0 Å². The van der Waals surface area contributed by atoms with Crippen molar-refractivity contribution in [3.8, 4) is 0 Å². The number of methoxy groups -OCH3 is 1. The van der Waals surface area contributed by atoms with Crippen molar-refractivity contribution in [1.82, 2.24) is 5.32 Å². The summed E-state index contributed by atoms with van der Waals surface area (Å²) in [4.78, 5) is 33.9. The van der Waals surface area contributed by atoms with Gasteiger partial charge in [0.25, 0.3) is 5.91 Å². The highest BCUT2D eigenvalue weighted by molar-refractivity contribution is 7.08. The predicted molar refractivity (Wildman–Crippen MR) is 69.2 cm³/mol. The van der Waals surface area contributed by atoms with Gasteiger partial charge in [-0.2, -0.15) is 11.3 Å². The third-order valence-corrected chi connectivity index (χ3v) is 3.43. The fraction of sp³-hybridized carbons (Fsp3) is 0.417. The van der Waals surface area contributed by atoms with E-state index in [1.807, 2.05) is 0 Å². The minimum absolute atomic E-state index is 0.00304. The zero-order chi connectivity index (χ0) is 14.4. The van der Waals surface area contributed by atoms with Gasteiger partial charge in [-0.1, -0.05) is 0 Å². The van der Waals surface area contributed by atoms with Crippen LogP contribution < -0.4 is 5.32 Å². The van der Waals surface area contributed by atoms with Crippen molar-refractivity contribution < 1.29 is 24.2 Å². The molecule has 0 radical (unpaired) electrons. The summed E-state index contributed by atoms with van der Waals surface area (Å²) >= 11 is 1.37. The average molecular weight is 285 g/mol. The zero-order valence-electron chi connectivity index (χ0n) is 10.6. The second kappa shape index (κ2) is 6.89. The van der Waals surface area contributed by atoms with Crippen LogP contribution in [0, 0.1) is 6.92 Å². The molecule has 19 heavy (non-hydrogen) atoms. The van der Waals surface area contributed by atoms with Crippen molar-refractivity contribution in [3.05, 3.63) is 21.9 Å². The van der Waals surface area contributed by atoms with Crippen LogP contribution in [-0.2, 0) is 14.3 Å². The lowest BCUT2D eigenvalue weighted by atomic mass is 10.1. The Hall–Kier alpha value is -1.89. The number of thiophene rings is 1. The van der Waals surface area contributed by atoms with E-state index in [-0.39, 0.29) is 12.8 Å². The third kappa shape index (κ3) is 4.36. The van der Waals surface area contributed by atoms with Crippen LogP contribution in [0.2, 0.25) is 0 Å². The molecule has 2 N–H and O–H groups in total. The highest BCUT2D eigenvalue weighted by atomic mass is 32.1. The summed E-state index contributed by atoms with van der Waals surface area (Å²) in [7, 11) is 1.23. The van der Waals surface area contributed by atoms with Gasteiger partial charge >= 0.3 is 11.9 Å². The monoisotopic (exact) mass is 285 g/mol. The number of ether oxygens (including phenoxy) is 1.